The summed E-state index contributed by atoms with van der Waals surface area (Å²) in [7, 11) is 0. The molecule has 1 N–H and O–H groups in total. The van der Waals surface area contributed by atoms with Crippen molar-refractivity contribution in [1.29, 1.82) is 0 Å². The van der Waals surface area contributed by atoms with E-state index in [9.17, 15) is 4.79 Å². The van der Waals surface area contributed by atoms with Gasteiger partial charge in [-0.05, 0) is 44.4 Å². The number of unbranched alkanes of at least 4 members (excludes halogenated alkanes) is 4. The van der Waals surface area contributed by atoms with Crippen LogP contribution in [0.25, 0.3) is 0 Å². The molecule has 0 spiro atoms. The zero-order valence-corrected chi connectivity index (χ0v) is 15.1. The van der Waals surface area contributed by atoms with E-state index in [4.69, 9.17) is 14.6 Å². The lowest BCUT2D eigenvalue weighted by Gasteiger charge is -2.27. The lowest BCUT2D eigenvalue weighted by Crippen LogP contribution is -2.30. The molecule has 4 heteroatoms. The average molecular weight is 338 g/mol. The fourth-order valence-corrected chi connectivity index (χ4v) is 4.02. The summed E-state index contributed by atoms with van der Waals surface area (Å²) >= 11 is 0. The smallest absolute Gasteiger partial charge is 0.303 e. The highest BCUT2D eigenvalue weighted by molar-refractivity contribution is 5.66. The topological polar surface area (TPSA) is 55.8 Å². The number of rotatable bonds is 13. The zero-order chi connectivity index (χ0) is 17.2. The molecule has 0 amide bonds. The summed E-state index contributed by atoms with van der Waals surface area (Å²) in [5.41, 5.74) is 0. The van der Waals surface area contributed by atoms with E-state index in [2.05, 4.69) is 19.1 Å². The molecule has 0 saturated carbocycles. The molecule has 2 bridgehead atoms. The Balaban J connectivity index is 1.65. The summed E-state index contributed by atoms with van der Waals surface area (Å²) in [6, 6.07) is 0. The first-order valence-corrected chi connectivity index (χ1v) is 9.82. The fourth-order valence-electron chi connectivity index (χ4n) is 4.02. The predicted octanol–water partition coefficient (Wildman–Crippen LogP) is 4.58. The van der Waals surface area contributed by atoms with Gasteiger partial charge in [-0.3, -0.25) is 4.79 Å². The lowest BCUT2D eigenvalue weighted by atomic mass is 9.78. The number of aliphatic carboxylic acids is 1. The number of carboxylic acids is 1. The van der Waals surface area contributed by atoms with Gasteiger partial charge in [-0.1, -0.05) is 38.3 Å². The Morgan fingerprint density at radius 1 is 1.12 bits per heavy atom. The molecular weight excluding hydrogens is 304 g/mol. The largest absolute Gasteiger partial charge is 0.481 e. The summed E-state index contributed by atoms with van der Waals surface area (Å²) in [6.45, 7) is 3.95. The third kappa shape index (κ3) is 6.21. The highest BCUT2D eigenvalue weighted by Crippen LogP contribution is 2.45. The van der Waals surface area contributed by atoms with Gasteiger partial charge in [-0.2, -0.15) is 0 Å². The van der Waals surface area contributed by atoms with E-state index in [0.29, 0.717) is 24.0 Å². The second-order valence-electron chi connectivity index (χ2n) is 7.25. The maximum Gasteiger partial charge on any atom is 0.303 e. The van der Waals surface area contributed by atoms with Crippen molar-refractivity contribution in [1.82, 2.24) is 0 Å². The average Bonchev–Trinajstić information content (AvgIpc) is 3.15. The van der Waals surface area contributed by atoms with E-state index >= 15 is 0 Å². The van der Waals surface area contributed by atoms with Crippen LogP contribution in [-0.4, -0.2) is 36.5 Å². The maximum atomic E-state index is 10.5. The number of allylic oxidation sites excluding steroid dienone is 2. The van der Waals surface area contributed by atoms with Crippen LogP contribution < -0.4 is 0 Å². The number of hydrogen-bond acceptors (Lipinski definition) is 3. The monoisotopic (exact) mass is 338 g/mol. The van der Waals surface area contributed by atoms with Crippen molar-refractivity contribution in [3.05, 3.63) is 12.2 Å². The van der Waals surface area contributed by atoms with E-state index in [-0.39, 0.29) is 6.42 Å². The van der Waals surface area contributed by atoms with Crippen LogP contribution in [0.3, 0.4) is 0 Å². The highest BCUT2D eigenvalue weighted by atomic mass is 16.5. The molecule has 2 heterocycles. The molecule has 0 aliphatic carbocycles. The van der Waals surface area contributed by atoms with Gasteiger partial charge in [0.05, 0.1) is 18.8 Å². The maximum absolute atomic E-state index is 10.5. The normalized spacial score (nSPS) is 28.9. The predicted molar refractivity (Wildman–Crippen MR) is 95.1 cm³/mol. The van der Waals surface area contributed by atoms with Gasteiger partial charge in [0.15, 0.2) is 0 Å². The summed E-state index contributed by atoms with van der Waals surface area (Å²) in [4.78, 5) is 10.5. The molecule has 2 aliphatic heterocycles. The lowest BCUT2D eigenvalue weighted by molar-refractivity contribution is -0.137. The third-order valence-electron chi connectivity index (χ3n) is 5.38. The first-order chi connectivity index (χ1) is 11.7. The minimum absolute atomic E-state index is 0.260. The fraction of sp³-hybridized carbons (Fsp3) is 0.850. The van der Waals surface area contributed by atoms with Gasteiger partial charge in [-0.15, -0.1) is 0 Å². The standard InChI is InChI=1S/C20H34O4/c1-2-3-4-9-14-23-15-17-16(18-12-13-19(17)24-18)10-7-5-6-8-11-20(21)22/h5,7,16-19H,2-4,6,8-15H2,1H3,(H,21,22)/b7-5-/t16-,17-,18+,19-/m0/s1. The van der Waals surface area contributed by atoms with Crippen LogP contribution in [0.1, 0.15) is 71.1 Å². The highest BCUT2D eigenvalue weighted by Gasteiger charge is 2.48. The molecule has 0 unspecified atom stereocenters. The van der Waals surface area contributed by atoms with Crippen LogP contribution in [0, 0.1) is 11.8 Å². The molecule has 2 saturated heterocycles. The summed E-state index contributed by atoms with van der Waals surface area (Å²) in [6.07, 6.45) is 15.4. The Morgan fingerprint density at radius 2 is 1.92 bits per heavy atom. The number of carboxylic acid groups (broad SMARTS) is 1. The van der Waals surface area contributed by atoms with E-state index in [1.807, 2.05) is 0 Å². The summed E-state index contributed by atoms with van der Waals surface area (Å²) in [5.74, 6) is 0.412. The van der Waals surface area contributed by atoms with Crippen molar-refractivity contribution in [2.24, 2.45) is 11.8 Å². The number of fused-ring (bicyclic) bond motifs is 2. The van der Waals surface area contributed by atoms with Crippen LogP contribution in [0.4, 0.5) is 0 Å². The second kappa shape index (κ2) is 10.9. The van der Waals surface area contributed by atoms with Gasteiger partial charge in [0.25, 0.3) is 0 Å². The SMILES string of the molecule is CCCCCCOC[C@H]1[C@H](C/C=C\CCCC(=O)O)[C@H]2CC[C@@H]1O2. The Bertz CT molecular complexity index is 393. The van der Waals surface area contributed by atoms with Gasteiger partial charge >= 0.3 is 5.97 Å². The van der Waals surface area contributed by atoms with Gasteiger partial charge in [-0.25, -0.2) is 0 Å². The molecular formula is C20H34O4. The minimum Gasteiger partial charge on any atom is -0.481 e. The number of hydrogen-bond donors (Lipinski definition) is 1. The van der Waals surface area contributed by atoms with E-state index in [0.717, 1.165) is 32.5 Å². The number of carbonyl (C=O) groups is 1. The zero-order valence-electron chi connectivity index (χ0n) is 15.1. The van der Waals surface area contributed by atoms with Crippen LogP contribution in [0.15, 0.2) is 12.2 Å². The Labute approximate surface area is 146 Å². The third-order valence-corrected chi connectivity index (χ3v) is 5.38. The van der Waals surface area contributed by atoms with Gasteiger partial charge in [0.2, 0.25) is 0 Å². The second-order valence-corrected chi connectivity index (χ2v) is 7.25. The van der Waals surface area contributed by atoms with Crippen molar-refractivity contribution >= 4 is 5.97 Å². The van der Waals surface area contributed by atoms with E-state index in [1.54, 1.807) is 0 Å². The Hall–Kier alpha value is -0.870. The number of ether oxygens (including phenoxy) is 2. The van der Waals surface area contributed by atoms with Gasteiger partial charge < -0.3 is 14.6 Å². The van der Waals surface area contributed by atoms with Crippen LogP contribution in [-0.2, 0) is 14.3 Å². The van der Waals surface area contributed by atoms with Crippen LogP contribution >= 0.6 is 0 Å². The Kier molecular flexibility index (Phi) is 8.82. The van der Waals surface area contributed by atoms with Gasteiger partial charge in [0, 0.05) is 18.9 Å². The molecule has 138 valence electrons. The quantitative estimate of drug-likeness (QED) is 0.394. The van der Waals surface area contributed by atoms with E-state index < -0.39 is 5.97 Å². The van der Waals surface area contributed by atoms with Crippen molar-refractivity contribution in [2.45, 2.75) is 83.3 Å². The molecule has 0 aromatic rings. The van der Waals surface area contributed by atoms with Crippen LogP contribution in [0.5, 0.6) is 0 Å². The molecule has 2 rings (SSSR count). The van der Waals surface area contributed by atoms with Crippen molar-refractivity contribution in [3.8, 4) is 0 Å². The van der Waals surface area contributed by atoms with Crippen molar-refractivity contribution in [2.75, 3.05) is 13.2 Å². The molecule has 4 atom stereocenters. The molecule has 0 radical (unpaired) electrons. The van der Waals surface area contributed by atoms with Crippen molar-refractivity contribution < 1.29 is 19.4 Å². The summed E-state index contributed by atoms with van der Waals surface area (Å²) in [5, 5.41) is 8.64. The Morgan fingerprint density at radius 3 is 2.67 bits per heavy atom. The first-order valence-electron chi connectivity index (χ1n) is 9.82. The van der Waals surface area contributed by atoms with Crippen LogP contribution in [0.2, 0.25) is 0 Å². The summed E-state index contributed by atoms with van der Waals surface area (Å²) < 4.78 is 12.1. The molecule has 2 fully saturated rings. The minimum atomic E-state index is -0.707. The molecule has 0 aromatic heterocycles. The van der Waals surface area contributed by atoms with E-state index in [1.165, 1.54) is 38.5 Å². The molecule has 2 aliphatic rings. The van der Waals surface area contributed by atoms with Gasteiger partial charge in [0.1, 0.15) is 0 Å². The molecule has 24 heavy (non-hydrogen) atoms. The van der Waals surface area contributed by atoms with Crippen molar-refractivity contribution in [3.63, 3.8) is 0 Å². The molecule has 0 aromatic carbocycles. The molecule has 4 nitrogen and oxygen atoms in total. The first kappa shape index (κ1) is 19.5.